The van der Waals surface area contributed by atoms with Gasteiger partial charge in [0.05, 0.1) is 24.2 Å². The van der Waals surface area contributed by atoms with Crippen LogP contribution in [0.25, 0.3) is 0 Å². The van der Waals surface area contributed by atoms with Crippen molar-refractivity contribution in [1.82, 2.24) is 0 Å². The van der Waals surface area contributed by atoms with Crippen LogP contribution in [-0.2, 0) is 23.8 Å². The summed E-state index contributed by atoms with van der Waals surface area (Å²) in [5, 5.41) is 38.5. The topological polar surface area (TPSA) is 160 Å². The van der Waals surface area contributed by atoms with Crippen molar-refractivity contribution >= 4 is 36.4 Å². The Balaban J connectivity index is 1.48. The Morgan fingerprint density at radius 3 is 1.95 bits per heavy atom. The monoisotopic (exact) mass is 782 g/mol. The van der Waals surface area contributed by atoms with Crippen molar-refractivity contribution in [1.29, 1.82) is 0 Å². The molecule has 4 N–H and O–H groups in total. The van der Waals surface area contributed by atoms with Crippen LogP contribution in [0.2, 0.25) is 5.04 Å². The normalized spacial score (nSPS) is 33.9. The third-order valence-corrected chi connectivity index (χ3v) is 18.8. The maximum atomic E-state index is 15.1. The Morgan fingerprint density at radius 2 is 1.45 bits per heavy atom. The first-order valence-corrected chi connectivity index (χ1v) is 21.5. The quantitative estimate of drug-likeness (QED) is 0.192. The van der Waals surface area contributed by atoms with Gasteiger partial charge >= 0.3 is 11.9 Å². The molecule has 0 aromatic heterocycles. The van der Waals surface area contributed by atoms with E-state index >= 15 is 4.79 Å². The number of esters is 2. The van der Waals surface area contributed by atoms with E-state index in [0.29, 0.717) is 5.57 Å². The number of carbonyl (C=O) groups is 3. The number of hydrogen-bond acceptors (Lipinski definition) is 10. The minimum atomic E-state index is -3.67. The molecule has 3 aromatic carbocycles. The zero-order valence-electron chi connectivity index (χ0n) is 33.2. The lowest BCUT2D eigenvalue weighted by Gasteiger charge is -2.69. The number of aliphatic hydroxyl groups is 3. The molecule has 2 bridgehead atoms. The van der Waals surface area contributed by atoms with Crippen LogP contribution in [-0.4, -0.2) is 88.4 Å². The summed E-state index contributed by atoms with van der Waals surface area (Å²) in [5.74, 6) is -3.92. The van der Waals surface area contributed by atoms with E-state index in [9.17, 15) is 29.7 Å². The lowest BCUT2D eigenvalue weighted by atomic mass is 9.42. The molecule has 0 unspecified atom stereocenters. The fourth-order valence-electron chi connectivity index (χ4n) is 11.2. The number of benzene rings is 3. The summed E-state index contributed by atoms with van der Waals surface area (Å²) in [7, 11) is -3.67. The summed E-state index contributed by atoms with van der Waals surface area (Å²) in [6.07, 6.45) is -5.21. The van der Waals surface area contributed by atoms with Crippen LogP contribution >= 0.6 is 0 Å². The van der Waals surface area contributed by atoms with Crippen LogP contribution in [0.15, 0.2) is 102 Å². The van der Waals surface area contributed by atoms with Crippen LogP contribution in [0.3, 0.4) is 0 Å². The molecule has 0 amide bonds. The minimum Gasteiger partial charge on any atom is -0.455 e. The van der Waals surface area contributed by atoms with Gasteiger partial charge in [-0.15, -0.1) is 0 Å². The van der Waals surface area contributed by atoms with Crippen molar-refractivity contribution in [2.45, 2.75) is 108 Å². The van der Waals surface area contributed by atoms with Crippen LogP contribution in [0.5, 0.6) is 0 Å². The molecule has 298 valence electrons. The number of ketones is 1. The number of rotatable bonds is 8. The Hall–Kier alpha value is -3.97. The molecule has 3 fully saturated rings. The number of hydrogen-bond donors (Lipinski definition) is 4. The fraction of sp³-hybridized carbons (Fsp3) is 0.489. The molecule has 3 aliphatic carbocycles. The van der Waals surface area contributed by atoms with E-state index in [1.54, 1.807) is 58.0 Å². The van der Waals surface area contributed by atoms with Crippen molar-refractivity contribution in [3.8, 4) is 0 Å². The van der Waals surface area contributed by atoms with E-state index in [-0.39, 0.29) is 37.0 Å². The Kier molecular flexibility index (Phi) is 9.95. The molecule has 9 atom stereocenters. The highest BCUT2D eigenvalue weighted by molar-refractivity contribution is 6.98. The first-order valence-electron chi connectivity index (χ1n) is 19.5. The molecular weight excluding hydrogens is 729 g/mol. The third-order valence-electron chi connectivity index (χ3n) is 14.3. The number of aliphatic hydroxyl groups excluding tert-OH is 2. The first kappa shape index (κ1) is 40.2. The zero-order chi connectivity index (χ0) is 40.6. The summed E-state index contributed by atoms with van der Waals surface area (Å²) >= 11 is 0. The number of ether oxygens (including phenoxy) is 3. The molecule has 56 heavy (non-hydrogen) atoms. The lowest BCUT2D eigenvalue weighted by molar-refractivity contribution is -0.353. The average Bonchev–Trinajstić information content (AvgIpc) is 3.16. The van der Waals surface area contributed by atoms with Gasteiger partial charge in [-0.2, -0.15) is 0 Å². The van der Waals surface area contributed by atoms with E-state index in [4.69, 9.17) is 14.2 Å². The van der Waals surface area contributed by atoms with E-state index < -0.39 is 89.4 Å². The number of Topliss-reactive ketones (excluding diaryl/α,β-unsaturated/α-hetero) is 1. The van der Waals surface area contributed by atoms with Gasteiger partial charge in [-0.25, -0.2) is 4.79 Å². The lowest BCUT2D eigenvalue weighted by Crippen LogP contribution is -2.81. The molecule has 7 rings (SSSR count). The van der Waals surface area contributed by atoms with Crippen LogP contribution in [0.4, 0.5) is 0 Å². The SMILES string of the molecule is CC(=O)O[C@@]12CO[C@@H]1C[C@H](CC(C)(C)[Si](O)(c1ccccc1)c1ccccc1)[C@]1(C)[C@@H]2[C@H](OC(=O)c2ccccc2)[C@]2(O)C[C@H](O)C(C)=C(C(=O)[C@@H]1O)C2(C)C. The highest BCUT2D eigenvalue weighted by Gasteiger charge is 2.78. The highest BCUT2D eigenvalue weighted by atomic mass is 28.4. The minimum absolute atomic E-state index is 0.0673. The third kappa shape index (κ3) is 5.72. The second-order valence-electron chi connectivity index (χ2n) is 17.9. The Bertz CT molecular complexity index is 1990. The summed E-state index contributed by atoms with van der Waals surface area (Å²) in [5.41, 5.74) is -6.08. The summed E-state index contributed by atoms with van der Waals surface area (Å²) in [6, 6.07) is 27.4. The summed E-state index contributed by atoms with van der Waals surface area (Å²) in [4.78, 5) is 55.8. The second kappa shape index (κ2) is 13.8. The van der Waals surface area contributed by atoms with Crippen molar-refractivity contribution in [3.63, 3.8) is 0 Å². The molecule has 10 nitrogen and oxygen atoms in total. The van der Waals surface area contributed by atoms with Crippen molar-refractivity contribution in [3.05, 3.63) is 108 Å². The standard InChI is InChI=1S/C45H54O10Si/c1-27-33(47)25-45(51)39(54-40(50)29-17-11-8-12-18-29)37-43(7,38(49)36(48)35(27)42(45,5)6)30(23-34-44(37,26-53-34)55-28(2)46)24-41(3,4)56(52,31-19-13-9-14-20-31)32-21-15-10-16-22-32/h8-22,30,33-34,37-39,47,49,51-52H,23-26H2,1-7H3/t30-,33+,34-,37+,38+,39+,43-,44+,45-/m1/s1. The van der Waals surface area contributed by atoms with Crippen LogP contribution in [0.1, 0.15) is 78.1 Å². The molecule has 1 aliphatic heterocycles. The van der Waals surface area contributed by atoms with Crippen molar-refractivity contribution < 1.29 is 48.7 Å². The summed E-state index contributed by atoms with van der Waals surface area (Å²) < 4.78 is 19.1. The van der Waals surface area contributed by atoms with E-state index in [1.165, 1.54) is 6.92 Å². The molecule has 0 radical (unpaired) electrons. The molecular formula is C45H54O10Si. The largest absolute Gasteiger partial charge is 0.455 e. The van der Waals surface area contributed by atoms with Gasteiger partial charge < -0.3 is 34.3 Å². The molecule has 3 aromatic rings. The maximum absolute atomic E-state index is 15.1. The van der Waals surface area contributed by atoms with Gasteiger partial charge in [0, 0.05) is 29.7 Å². The molecule has 2 saturated carbocycles. The number of carbonyl (C=O) groups excluding carboxylic acids is 3. The van der Waals surface area contributed by atoms with E-state index in [1.807, 2.05) is 74.5 Å². The molecule has 1 heterocycles. The molecule has 0 spiro atoms. The van der Waals surface area contributed by atoms with Gasteiger partial charge in [0.1, 0.15) is 23.9 Å². The smallest absolute Gasteiger partial charge is 0.338 e. The first-order chi connectivity index (χ1) is 26.3. The zero-order valence-corrected chi connectivity index (χ0v) is 34.2. The second-order valence-corrected chi connectivity index (χ2v) is 21.9. The van der Waals surface area contributed by atoms with Gasteiger partial charge in [-0.3, -0.25) is 9.59 Å². The van der Waals surface area contributed by atoms with Gasteiger partial charge in [0.15, 0.2) is 11.4 Å². The number of fused-ring (bicyclic) bond motifs is 5. The molecule has 1 saturated heterocycles. The van der Waals surface area contributed by atoms with Crippen LogP contribution in [0, 0.1) is 22.7 Å². The van der Waals surface area contributed by atoms with E-state index in [2.05, 4.69) is 0 Å². The average molecular weight is 783 g/mol. The molecule has 4 aliphatic rings. The summed E-state index contributed by atoms with van der Waals surface area (Å²) in [6.45, 7) is 11.9. The maximum Gasteiger partial charge on any atom is 0.338 e. The van der Waals surface area contributed by atoms with Crippen molar-refractivity contribution in [2.75, 3.05) is 6.61 Å². The fourth-order valence-corrected chi connectivity index (χ4v) is 15.0. The van der Waals surface area contributed by atoms with Gasteiger partial charge in [0.2, 0.25) is 0 Å². The van der Waals surface area contributed by atoms with Gasteiger partial charge in [0.25, 0.3) is 8.32 Å². The predicted octanol–water partition coefficient (Wildman–Crippen LogP) is 4.26. The predicted molar refractivity (Wildman–Crippen MR) is 211 cm³/mol. The Morgan fingerprint density at radius 1 is 0.911 bits per heavy atom. The van der Waals surface area contributed by atoms with Crippen LogP contribution < -0.4 is 10.4 Å². The van der Waals surface area contributed by atoms with Crippen molar-refractivity contribution in [2.24, 2.45) is 22.7 Å². The molecule has 11 heteroatoms. The van der Waals surface area contributed by atoms with Gasteiger partial charge in [-0.05, 0) is 58.8 Å². The van der Waals surface area contributed by atoms with Gasteiger partial charge in [-0.1, -0.05) is 113 Å². The Labute approximate surface area is 329 Å². The van der Waals surface area contributed by atoms with E-state index in [0.717, 1.165) is 10.4 Å². The highest BCUT2D eigenvalue weighted by Crippen LogP contribution is 2.67.